The zero-order chi connectivity index (χ0) is 10.3. The van der Waals surface area contributed by atoms with Crippen molar-refractivity contribution in [3.8, 4) is 0 Å². The molecule has 0 N–H and O–H groups in total. The molecule has 0 fully saturated rings. The van der Waals surface area contributed by atoms with Crippen molar-refractivity contribution in [1.82, 2.24) is 0 Å². The second kappa shape index (κ2) is 6.94. The predicted octanol–water partition coefficient (Wildman–Crippen LogP) is 4.40. The molecule has 2 unspecified atom stereocenters. The summed E-state index contributed by atoms with van der Waals surface area (Å²) in [6, 6.07) is 0. The number of rotatable bonds is 5. The Morgan fingerprint density at radius 2 is 2.00 bits per heavy atom. The summed E-state index contributed by atoms with van der Waals surface area (Å²) in [6.07, 6.45) is 9.09. The first-order valence-electron chi connectivity index (χ1n) is 5.23. The fourth-order valence-corrected chi connectivity index (χ4v) is 1.50. The SMILES string of the molecule is [CH2]C(C)C=C(C)CC(C)C=CCC. The third kappa shape index (κ3) is 7.83. The van der Waals surface area contributed by atoms with Gasteiger partial charge in [0.25, 0.3) is 0 Å². The molecule has 0 aliphatic heterocycles. The van der Waals surface area contributed by atoms with Crippen molar-refractivity contribution in [2.24, 2.45) is 11.8 Å². The summed E-state index contributed by atoms with van der Waals surface area (Å²) < 4.78 is 0. The van der Waals surface area contributed by atoms with E-state index in [0.717, 1.165) is 12.8 Å². The van der Waals surface area contributed by atoms with E-state index in [1.54, 1.807) is 0 Å². The van der Waals surface area contributed by atoms with E-state index in [1.165, 1.54) is 5.57 Å². The van der Waals surface area contributed by atoms with Crippen LogP contribution in [-0.2, 0) is 0 Å². The first-order valence-corrected chi connectivity index (χ1v) is 5.23. The zero-order valence-electron chi connectivity index (χ0n) is 9.51. The molecular weight excluding hydrogens is 156 g/mol. The smallest absolute Gasteiger partial charge is 0.0225 e. The molecule has 0 rings (SSSR count). The van der Waals surface area contributed by atoms with Gasteiger partial charge in [0.15, 0.2) is 0 Å². The summed E-state index contributed by atoms with van der Waals surface area (Å²) in [5.74, 6) is 1.09. The van der Waals surface area contributed by atoms with Crippen LogP contribution in [-0.4, -0.2) is 0 Å². The molecule has 0 aliphatic rings. The van der Waals surface area contributed by atoms with E-state index in [2.05, 4.69) is 52.8 Å². The van der Waals surface area contributed by atoms with Crippen LogP contribution in [0, 0.1) is 18.8 Å². The molecule has 0 aromatic rings. The minimum atomic E-state index is 0.433. The highest BCUT2D eigenvalue weighted by molar-refractivity contribution is 5.04. The standard InChI is InChI=1S/C13H23/c1-6-7-8-12(4)10-13(5)9-11(2)3/h7-9,11-12H,2,6,10H2,1,3-5H3. The Hall–Kier alpha value is -0.520. The van der Waals surface area contributed by atoms with E-state index in [9.17, 15) is 0 Å². The van der Waals surface area contributed by atoms with Crippen molar-refractivity contribution in [1.29, 1.82) is 0 Å². The van der Waals surface area contributed by atoms with Gasteiger partial charge in [-0.2, -0.15) is 0 Å². The van der Waals surface area contributed by atoms with Gasteiger partial charge in [-0.25, -0.2) is 0 Å². The van der Waals surface area contributed by atoms with Crippen LogP contribution in [0.25, 0.3) is 0 Å². The number of allylic oxidation sites excluding steroid dienone is 4. The van der Waals surface area contributed by atoms with Gasteiger partial charge in [0.2, 0.25) is 0 Å². The van der Waals surface area contributed by atoms with E-state index in [-0.39, 0.29) is 0 Å². The van der Waals surface area contributed by atoms with Crippen molar-refractivity contribution >= 4 is 0 Å². The van der Waals surface area contributed by atoms with Crippen molar-refractivity contribution < 1.29 is 0 Å². The molecule has 0 amide bonds. The van der Waals surface area contributed by atoms with Gasteiger partial charge in [0.1, 0.15) is 0 Å². The highest BCUT2D eigenvalue weighted by Gasteiger charge is 1.98. The minimum Gasteiger partial charge on any atom is -0.0885 e. The van der Waals surface area contributed by atoms with Gasteiger partial charge in [-0.1, -0.05) is 44.6 Å². The second-order valence-corrected chi connectivity index (χ2v) is 4.01. The van der Waals surface area contributed by atoms with Gasteiger partial charge in [-0.05, 0) is 38.5 Å². The molecule has 0 nitrogen and oxygen atoms in total. The van der Waals surface area contributed by atoms with Gasteiger partial charge in [-0.3, -0.25) is 0 Å². The molecule has 0 saturated carbocycles. The molecule has 0 spiro atoms. The Labute approximate surface area is 83.7 Å². The third-order valence-electron chi connectivity index (χ3n) is 1.91. The topological polar surface area (TPSA) is 0 Å². The molecule has 1 radical (unpaired) electrons. The monoisotopic (exact) mass is 179 g/mol. The molecule has 0 aromatic heterocycles. The second-order valence-electron chi connectivity index (χ2n) is 4.01. The fraction of sp³-hybridized carbons (Fsp3) is 0.615. The highest BCUT2D eigenvalue weighted by Crippen LogP contribution is 2.14. The van der Waals surface area contributed by atoms with Crippen LogP contribution in [0.5, 0.6) is 0 Å². The number of hydrogen-bond acceptors (Lipinski definition) is 0. The molecule has 75 valence electrons. The summed E-state index contributed by atoms with van der Waals surface area (Å²) in [7, 11) is 0. The van der Waals surface area contributed by atoms with E-state index < -0.39 is 0 Å². The van der Waals surface area contributed by atoms with Crippen LogP contribution in [0.2, 0.25) is 0 Å². The van der Waals surface area contributed by atoms with Crippen molar-refractivity contribution in [2.45, 2.75) is 40.5 Å². The maximum atomic E-state index is 3.95. The lowest BCUT2D eigenvalue weighted by molar-refractivity contribution is 0.706. The van der Waals surface area contributed by atoms with Gasteiger partial charge < -0.3 is 0 Å². The van der Waals surface area contributed by atoms with Crippen molar-refractivity contribution in [3.05, 3.63) is 30.7 Å². The number of hydrogen-bond donors (Lipinski definition) is 0. The first-order chi connectivity index (χ1) is 6.06. The van der Waals surface area contributed by atoms with Crippen LogP contribution in [0.4, 0.5) is 0 Å². The molecule has 0 aliphatic carbocycles. The predicted molar refractivity (Wildman–Crippen MR) is 61.5 cm³/mol. The summed E-state index contributed by atoms with van der Waals surface area (Å²) in [4.78, 5) is 0. The fourth-order valence-electron chi connectivity index (χ4n) is 1.50. The largest absolute Gasteiger partial charge is 0.0885 e. The summed E-state index contributed by atoms with van der Waals surface area (Å²) in [6.45, 7) is 12.7. The zero-order valence-corrected chi connectivity index (χ0v) is 9.51. The Morgan fingerprint density at radius 3 is 2.46 bits per heavy atom. The molecule has 0 aromatic carbocycles. The Morgan fingerprint density at radius 1 is 1.38 bits per heavy atom. The van der Waals surface area contributed by atoms with E-state index in [1.807, 2.05) is 0 Å². The van der Waals surface area contributed by atoms with Crippen LogP contribution in [0.15, 0.2) is 23.8 Å². The van der Waals surface area contributed by atoms with Crippen LogP contribution < -0.4 is 0 Å². The summed E-state index contributed by atoms with van der Waals surface area (Å²) in [5, 5.41) is 0. The molecule has 0 bridgehead atoms. The van der Waals surface area contributed by atoms with Crippen molar-refractivity contribution in [3.63, 3.8) is 0 Å². The summed E-state index contributed by atoms with van der Waals surface area (Å²) >= 11 is 0. The lowest BCUT2D eigenvalue weighted by atomic mass is 9.99. The van der Waals surface area contributed by atoms with Gasteiger partial charge in [0, 0.05) is 0 Å². The third-order valence-corrected chi connectivity index (χ3v) is 1.91. The molecule has 0 heteroatoms. The minimum absolute atomic E-state index is 0.433. The molecule has 2 atom stereocenters. The van der Waals surface area contributed by atoms with Crippen LogP contribution in [0.3, 0.4) is 0 Å². The highest BCUT2D eigenvalue weighted by atomic mass is 14.0. The Bertz CT molecular complexity index is 172. The molecule has 13 heavy (non-hydrogen) atoms. The van der Waals surface area contributed by atoms with Gasteiger partial charge in [-0.15, -0.1) is 0 Å². The van der Waals surface area contributed by atoms with E-state index in [4.69, 9.17) is 0 Å². The maximum Gasteiger partial charge on any atom is -0.0225 e. The van der Waals surface area contributed by atoms with Crippen LogP contribution in [0.1, 0.15) is 40.5 Å². The lowest BCUT2D eigenvalue weighted by Gasteiger charge is -2.07. The summed E-state index contributed by atoms with van der Waals surface area (Å²) in [5.41, 5.74) is 1.45. The van der Waals surface area contributed by atoms with E-state index in [0.29, 0.717) is 11.8 Å². The maximum absolute atomic E-state index is 3.95. The average molecular weight is 179 g/mol. The first kappa shape index (κ1) is 12.5. The lowest BCUT2D eigenvalue weighted by Crippen LogP contribution is -1.92. The molecule has 0 heterocycles. The molecular formula is C13H23. The van der Waals surface area contributed by atoms with Gasteiger partial charge in [0.05, 0.1) is 0 Å². The normalized spacial score (nSPS) is 15.7. The average Bonchev–Trinajstić information content (AvgIpc) is 1.98. The quantitative estimate of drug-likeness (QED) is 0.549. The van der Waals surface area contributed by atoms with E-state index >= 15 is 0 Å². The Kier molecular flexibility index (Phi) is 6.66. The van der Waals surface area contributed by atoms with Gasteiger partial charge >= 0.3 is 0 Å². The van der Waals surface area contributed by atoms with Crippen LogP contribution >= 0.6 is 0 Å². The van der Waals surface area contributed by atoms with Crippen molar-refractivity contribution in [2.75, 3.05) is 0 Å². The molecule has 0 saturated heterocycles. The Balaban J connectivity index is 3.90.